The molecule has 9 heteroatoms. The summed E-state index contributed by atoms with van der Waals surface area (Å²) in [7, 11) is 3.80. The van der Waals surface area contributed by atoms with E-state index in [-0.39, 0.29) is 17.2 Å². The summed E-state index contributed by atoms with van der Waals surface area (Å²) in [4.78, 5) is 2.88. The molecule has 1 unspecified atom stereocenters. The van der Waals surface area contributed by atoms with E-state index in [1.165, 1.54) is 24.1 Å². The molecule has 0 radical (unpaired) electrons. The Morgan fingerprint density at radius 3 is 2.28 bits per heavy atom. The molecule has 3 aromatic rings. The molecule has 2 N–H and O–H groups in total. The molecule has 4 rings (SSSR count). The predicted molar refractivity (Wildman–Crippen MR) is 137 cm³/mol. The second kappa shape index (κ2) is 11.0. The molecule has 1 aliphatic heterocycles. The molecule has 0 aromatic heterocycles. The van der Waals surface area contributed by atoms with Crippen LogP contribution in [0.25, 0.3) is 0 Å². The number of phenolic OH excluding ortho intramolecular Hbond substituents is 1. The first-order valence-corrected chi connectivity index (χ1v) is 12.5. The van der Waals surface area contributed by atoms with Crippen molar-refractivity contribution in [3.63, 3.8) is 0 Å². The quantitative estimate of drug-likeness (QED) is 0.255. The number of nitrogens with one attached hydrogen (secondary N) is 1. The lowest BCUT2D eigenvalue weighted by Gasteiger charge is -2.36. The highest BCUT2D eigenvalue weighted by Gasteiger charge is 2.42. The molecule has 192 valence electrons. The molecule has 0 amide bonds. The van der Waals surface area contributed by atoms with Gasteiger partial charge in [0.15, 0.2) is 6.04 Å². The van der Waals surface area contributed by atoms with Gasteiger partial charge in [0.05, 0.1) is 0 Å². The summed E-state index contributed by atoms with van der Waals surface area (Å²) in [6, 6.07) is 15.8. The van der Waals surface area contributed by atoms with Crippen LogP contribution in [0, 0.1) is 5.82 Å². The maximum absolute atomic E-state index is 14.3. The largest absolute Gasteiger partial charge is 0.508 e. The summed E-state index contributed by atoms with van der Waals surface area (Å²) >= 11 is 1.49. The van der Waals surface area contributed by atoms with Crippen molar-refractivity contribution in [2.75, 3.05) is 37.4 Å². The maximum Gasteiger partial charge on any atom is 0.412 e. The Morgan fingerprint density at radius 2 is 1.67 bits per heavy atom. The van der Waals surface area contributed by atoms with Crippen LogP contribution in [0.5, 0.6) is 5.75 Å². The molecule has 36 heavy (non-hydrogen) atoms. The van der Waals surface area contributed by atoms with Crippen molar-refractivity contribution in [1.82, 2.24) is 4.31 Å². The van der Waals surface area contributed by atoms with Gasteiger partial charge in [-0.1, -0.05) is 24.3 Å². The number of hydrogen-bond acceptors (Lipinski definition) is 5. The SMILES string of the molecule is CN(C)Sc1ccc(NC(c2ccccc2N2CCC(c3ccc(O)cc3F)CC2)C(F)(F)F)cc1. The number of piperidine rings is 1. The number of aromatic hydroxyl groups is 1. The molecule has 1 aliphatic rings. The molecule has 0 spiro atoms. The van der Waals surface area contributed by atoms with E-state index in [9.17, 15) is 22.7 Å². The van der Waals surface area contributed by atoms with Crippen molar-refractivity contribution in [1.29, 1.82) is 0 Å². The number of rotatable bonds is 7. The second-order valence-corrected chi connectivity index (χ2v) is 10.5. The van der Waals surface area contributed by atoms with Gasteiger partial charge >= 0.3 is 6.18 Å². The molecule has 4 nitrogen and oxygen atoms in total. The third-order valence-corrected chi connectivity index (χ3v) is 7.14. The molecule has 1 fully saturated rings. The van der Waals surface area contributed by atoms with Gasteiger partial charge in [-0.3, -0.25) is 4.31 Å². The van der Waals surface area contributed by atoms with Crippen LogP contribution in [0.1, 0.15) is 35.9 Å². The predicted octanol–water partition coefficient (Wildman–Crippen LogP) is 7.20. The topological polar surface area (TPSA) is 38.7 Å². The smallest absolute Gasteiger partial charge is 0.412 e. The minimum Gasteiger partial charge on any atom is -0.508 e. The molecule has 3 aromatic carbocycles. The van der Waals surface area contributed by atoms with Gasteiger partial charge < -0.3 is 15.3 Å². The third kappa shape index (κ3) is 6.25. The number of halogens is 4. The van der Waals surface area contributed by atoms with Gasteiger partial charge in [-0.25, -0.2) is 4.39 Å². The van der Waals surface area contributed by atoms with E-state index in [4.69, 9.17) is 0 Å². The summed E-state index contributed by atoms with van der Waals surface area (Å²) in [6.45, 7) is 1.01. The van der Waals surface area contributed by atoms with E-state index in [2.05, 4.69) is 5.32 Å². The van der Waals surface area contributed by atoms with Gasteiger partial charge in [-0.05, 0) is 86.8 Å². The number of nitrogens with zero attached hydrogens (tertiary/aromatic N) is 2. The van der Waals surface area contributed by atoms with Crippen LogP contribution in [0.3, 0.4) is 0 Å². The lowest BCUT2D eigenvalue weighted by atomic mass is 9.88. The van der Waals surface area contributed by atoms with Crippen LogP contribution in [0.2, 0.25) is 0 Å². The second-order valence-electron chi connectivity index (χ2n) is 9.07. The zero-order valence-electron chi connectivity index (χ0n) is 20.1. The fraction of sp³-hybridized carbons (Fsp3) is 0.333. The van der Waals surface area contributed by atoms with Crippen molar-refractivity contribution in [3.05, 3.63) is 83.7 Å². The number of para-hydroxylation sites is 1. The zero-order valence-corrected chi connectivity index (χ0v) is 20.9. The first-order valence-electron chi connectivity index (χ1n) is 11.7. The van der Waals surface area contributed by atoms with E-state index in [1.54, 1.807) is 48.5 Å². The highest BCUT2D eigenvalue weighted by Crippen LogP contribution is 2.42. The van der Waals surface area contributed by atoms with Gasteiger partial charge in [-0.15, -0.1) is 0 Å². The van der Waals surface area contributed by atoms with E-state index in [0.717, 1.165) is 11.0 Å². The van der Waals surface area contributed by atoms with E-state index < -0.39 is 18.0 Å². The lowest BCUT2D eigenvalue weighted by molar-refractivity contribution is -0.143. The maximum atomic E-state index is 14.3. The van der Waals surface area contributed by atoms with Crippen LogP contribution >= 0.6 is 11.9 Å². The van der Waals surface area contributed by atoms with Crippen molar-refractivity contribution < 1.29 is 22.7 Å². The first kappa shape index (κ1) is 26.2. The summed E-state index contributed by atoms with van der Waals surface area (Å²) in [5, 5.41) is 12.2. The van der Waals surface area contributed by atoms with E-state index >= 15 is 0 Å². The summed E-state index contributed by atoms with van der Waals surface area (Å²) < 4.78 is 59.1. The molecule has 1 atom stereocenters. The molecule has 0 bridgehead atoms. The lowest BCUT2D eigenvalue weighted by Crippen LogP contribution is -2.36. The average Bonchev–Trinajstić information content (AvgIpc) is 2.83. The molecule has 0 aliphatic carbocycles. The average molecular weight is 520 g/mol. The Bertz CT molecular complexity index is 1160. The van der Waals surface area contributed by atoms with Crippen LogP contribution in [0.4, 0.5) is 28.9 Å². The standard InChI is InChI=1S/C27H29F4N3OS/c1-33(2)36-21-10-7-19(8-11-21)32-26(27(29,30)31)23-5-3-4-6-25(23)34-15-13-18(14-16-34)22-12-9-20(35)17-24(22)28/h3-12,17-18,26,32,35H,13-16H2,1-2H3. The van der Waals surface area contributed by atoms with E-state index in [1.807, 2.05) is 23.3 Å². The van der Waals surface area contributed by atoms with Crippen LogP contribution in [-0.2, 0) is 0 Å². The van der Waals surface area contributed by atoms with Gasteiger partial charge in [0.2, 0.25) is 0 Å². The third-order valence-electron chi connectivity index (χ3n) is 6.29. The molecule has 1 heterocycles. The Labute approximate surface area is 213 Å². The van der Waals surface area contributed by atoms with Crippen LogP contribution in [-0.4, -0.2) is 42.8 Å². The van der Waals surface area contributed by atoms with Crippen molar-refractivity contribution in [3.8, 4) is 5.75 Å². The zero-order chi connectivity index (χ0) is 25.9. The number of anilines is 2. The summed E-state index contributed by atoms with van der Waals surface area (Å²) in [6.07, 6.45) is -3.31. The van der Waals surface area contributed by atoms with Gasteiger partial charge in [0.1, 0.15) is 11.6 Å². The van der Waals surface area contributed by atoms with Crippen molar-refractivity contribution >= 4 is 23.3 Å². The number of phenols is 1. The number of benzene rings is 3. The van der Waals surface area contributed by atoms with Crippen molar-refractivity contribution in [2.45, 2.75) is 35.9 Å². The monoisotopic (exact) mass is 519 g/mol. The Balaban J connectivity index is 1.54. The molecular formula is C27H29F4N3OS. The minimum atomic E-state index is -4.51. The summed E-state index contributed by atoms with van der Waals surface area (Å²) in [5.74, 6) is -0.631. The highest BCUT2D eigenvalue weighted by atomic mass is 32.2. The van der Waals surface area contributed by atoms with E-state index in [0.29, 0.717) is 42.9 Å². The minimum absolute atomic E-state index is 0.0518. The Hall–Kier alpha value is -2.91. The van der Waals surface area contributed by atoms with Crippen molar-refractivity contribution in [2.24, 2.45) is 0 Å². The highest BCUT2D eigenvalue weighted by molar-refractivity contribution is 7.97. The molecule has 1 saturated heterocycles. The Morgan fingerprint density at radius 1 is 1.00 bits per heavy atom. The van der Waals surface area contributed by atoms with Crippen LogP contribution in [0.15, 0.2) is 71.6 Å². The fourth-order valence-corrected chi connectivity index (χ4v) is 5.30. The van der Waals surface area contributed by atoms with Crippen LogP contribution < -0.4 is 10.2 Å². The molecule has 0 saturated carbocycles. The fourth-order valence-electron chi connectivity index (χ4n) is 4.62. The molecular weight excluding hydrogens is 490 g/mol. The first-order chi connectivity index (χ1) is 17.1. The number of hydrogen-bond donors (Lipinski definition) is 2. The number of alkyl halides is 3. The summed E-state index contributed by atoms with van der Waals surface area (Å²) in [5.41, 5.74) is 1.60. The normalized spacial score (nSPS) is 15.8. The van der Waals surface area contributed by atoms with Gasteiger partial charge in [0.25, 0.3) is 0 Å². The van der Waals surface area contributed by atoms with Gasteiger partial charge in [-0.2, -0.15) is 13.2 Å². The Kier molecular flexibility index (Phi) is 8.00. The van der Waals surface area contributed by atoms with Gasteiger partial charge in [0, 0.05) is 41.0 Å².